The third-order valence-electron chi connectivity index (χ3n) is 4.67. The predicted octanol–water partition coefficient (Wildman–Crippen LogP) is 1.64. The lowest BCUT2D eigenvalue weighted by Gasteiger charge is -2.33. The van der Waals surface area contributed by atoms with Crippen LogP contribution in [0.4, 0.5) is 4.79 Å². The Bertz CT molecular complexity index is 770. The molecule has 0 atom stereocenters. The largest absolute Gasteiger partial charge is 0.338 e. The summed E-state index contributed by atoms with van der Waals surface area (Å²) in [7, 11) is 0. The molecule has 1 saturated carbocycles. The van der Waals surface area contributed by atoms with Gasteiger partial charge in [0, 0.05) is 11.6 Å². The number of hydrogen-bond acceptors (Lipinski definition) is 5. The van der Waals surface area contributed by atoms with E-state index in [9.17, 15) is 14.4 Å². The normalized spacial score (nSPS) is 20.9. The Morgan fingerprint density at radius 1 is 1.35 bits per heavy atom. The summed E-state index contributed by atoms with van der Waals surface area (Å²) >= 11 is 1.45. The quantitative estimate of drug-likeness (QED) is 0.622. The Morgan fingerprint density at radius 2 is 2.08 bits per heavy atom. The number of thiazole rings is 1. The van der Waals surface area contributed by atoms with Gasteiger partial charge in [0.05, 0.1) is 0 Å². The Balaban J connectivity index is 1.72. The van der Waals surface area contributed by atoms with Crippen molar-refractivity contribution in [2.45, 2.75) is 57.0 Å². The Kier molecular flexibility index (Phi) is 5.01. The van der Waals surface area contributed by atoms with Crippen LogP contribution in [0, 0.1) is 11.8 Å². The lowest BCUT2D eigenvalue weighted by molar-refractivity contribution is -0.134. The second-order valence-corrected chi connectivity index (χ2v) is 8.12. The summed E-state index contributed by atoms with van der Waals surface area (Å²) in [5.41, 5.74) is -1.61. The molecule has 2 heterocycles. The Morgan fingerprint density at radius 3 is 2.65 bits per heavy atom. The summed E-state index contributed by atoms with van der Waals surface area (Å²) in [6.07, 6.45) is 6.26. The zero-order valence-electron chi connectivity index (χ0n) is 14.9. The van der Waals surface area contributed by atoms with Crippen LogP contribution in [0.3, 0.4) is 0 Å². The van der Waals surface area contributed by atoms with Gasteiger partial charge in [-0.2, -0.15) is 0 Å². The van der Waals surface area contributed by atoms with Gasteiger partial charge in [-0.05, 0) is 32.6 Å². The molecule has 2 aliphatic rings. The van der Waals surface area contributed by atoms with Gasteiger partial charge in [-0.3, -0.25) is 14.5 Å². The molecule has 1 aliphatic heterocycles. The molecule has 2 fully saturated rings. The second-order valence-electron chi connectivity index (χ2n) is 7.22. The van der Waals surface area contributed by atoms with Crippen molar-refractivity contribution in [2.75, 3.05) is 6.54 Å². The van der Waals surface area contributed by atoms with Crippen LogP contribution in [0.15, 0.2) is 11.6 Å². The maximum Gasteiger partial charge on any atom is 0.325 e. The first-order valence-corrected chi connectivity index (χ1v) is 9.57. The highest BCUT2D eigenvalue weighted by Crippen LogP contribution is 2.28. The lowest BCUT2D eigenvalue weighted by atomic mass is 9.82. The number of aromatic nitrogens is 1. The minimum absolute atomic E-state index is 0.297. The molecule has 0 unspecified atom stereocenters. The number of rotatable bonds is 3. The molecule has 0 bridgehead atoms. The van der Waals surface area contributed by atoms with Gasteiger partial charge in [-0.1, -0.05) is 25.2 Å². The maximum absolute atomic E-state index is 12.6. The molecule has 8 heteroatoms. The van der Waals surface area contributed by atoms with E-state index in [0.717, 1.165) is 37.0 Å². The Labute approximate surface area is 156 Å². The van der Waals surface area contributed by atoms with E-state index < -0.39 is 23.0 Å². The molecule has 0 spiro atoms. The minimum atomic E-state index is -0.982. The van der Waals surface area contributed by atoms with Crippen molar-refractivity contribution in [3.63, 3.8) is 0 Å². The van der Waals surface area contributed by atoms with Crippen LogP contribution in [-0.4, -0.2) is 45.4 Å². The highest BCUT2D eigenvalue weighted by Gasteiger charge is 2.45. The summed E-state index contributed by atoms with van der Waals surface area (Å²) in [4.78, 5) is 41.9. The summed E-state index contributed by atoms with van der Waals surface area (Å²) in [5.74, 6) is 5.47. The molecule has 1 aromatic rings. The van der Waals surface area contributed by atoms with Gasteiger partial charge in [0.1, 0.15) is 17.6 Å². The van der Waals surface area contributed by atoms with Gasteiger partial charge in [-0.15, -0.1) is 11.3 Å². The highest BCUT2D eigenvalue weighted by atomic mass is 32.1. The monoisotopic (exact) mass is 374 g/mol. The van der Waals surface area contributed by atoms with Crippen molar-refractivity contribution in [3.8, 4) is 11.8 Å². The summed E-state index contributed by atoms with van der Waals surface area (Å²) in [5, 5.41) is 8.12. The van der Waals surface area contributed by atoms with Crippen LogP contribution in [-0.2, 0) is 9.59 Å². The standard InChI is InChI=1S/C18H22N4O3S/c1-17(2)15(24)22(16(25)21-17)12-13(23)20-18(7-4-3-5-8-18)9-6-14-19-10-11-26-14/h10-11H,3-5,7-8,12H2,1-2H3,(H,20,23)(H,21,25). The SMILES string of the molecule is CC1(C)NC(=O)N(CC(=O)NC2(C#Cc3nccs3)CCCCC2)C1=O. The van der Waals surface area contributed by atoms with Crippen LogP contribution in [0.1, 0.15) is 51.0 Å². The molecule has 138 valence electrons. The fourth-order valence-electron chi connectivity index (χ4n) is 3.31. The summed E-state index contributed by atoms with van der Waals surface area (Å²) < 4.78 is 0. The van der Waals surface area contributed by atoms with Crippen molar-refractivity contribution in [2.24, 2.45) is 0 Å². The summed E-state index contributed by atoms with van der Waals surface area (Å²) in [6.45, 7) is 2.94. The smallest absolute Gasteiger partial charge is 0.325 e. The predicted molar refractivity (Wildman–Crippen MR) is 97.3 cm³/mol. The number of imide groups is 1. The van der Waals surface area contributed by atoms with Crippen LogP contribution < -0.4 is 10.6 Å². The van der Waals surface area contributed by atoms with Crippen LogP contribution in [0.25, 0.3) is 0 Å². The van der Waals surface area contributed by atoms with Crippen LogP contribution >= 0.6 is 11.3 Å². The molecule has 1 saturated heterocycles. The molecule has 1 aliphatic carbocycles. The number of nitrogens with zero attached hydrogens (tertiary/aromatic N) is 2. The number of amides is 4. The van der Waals surface area contributed by atoms with Crippen molar-refractivity contribution in [1.82, 2.24) is 20.5 Å². The third kappa shape index (κ3) is 3.88. The number of urea groups is 1. The molecule has 2 N–H and O–H groups in total. The van der Waals surface area contributed by atoms with Gasteiger partial charge in [0.2, 0.25) is 5.91 Å². The van der Waals surface area contributed by atoms with Crippen LogP contribution in [0.2, 0.25) is 0 Å². The summed E-state index contributed by atoms with van der Waals surface area (Å²) in [6, 6.07) is -0.540. The topological polar surface area (TPSA) is 91.4 Å². The van der Waals surface area contributed by atoms with E-state index in [0.29, 0.717) is 5.01 Å². The van der Waals surface area contributed by atoms with Crippen molar-refractivity contribution < 1.29 is 14.4 Å². The van der Waals surface area contributed by atoms with E-state index >= 15 is 0 Å². The van der Waals surface area contributed by atoms with E-state index in [4.69, 9.17) is 0 Å². The molecule has 0 radical (unpaired) electrons. The van der Waals surface area contributed by atoms with Crippen molar-refractivity contribution >= 4 is 29.2 Å². The lowest BCUT2D eigenvalue weighted by Crippen LogP contribution is -2.52. The van der Waals surface area contributed by atoms with Gasteiger partial charge >= 0.3 is 6.03 Å². The van der Waals surface area contributed by atoms with Crippen LogP contribution in [0.5, 0.6) is 0 Å². The first-order valence-electron chi connectivity index (χ1n) is 8.69. The van der Waals surface area contributed by atoms with Gasteiger partial charge in [-0.25, -0.2) is 9.78 Å². The third-order valence-corrected chi connectivity index (χ3v) is 5.36. The van der Waals surface area contributed by atoms with E-state index in [1.54, 1.807) is 20.0 Å². The molecule has 7 nitrogen and oxygen atoms in total. The molecule has 4 amide bonds. The van der Waals surface area contributed by atoms with Gasteiger partial charge in [0.25, 0.3) is 5.91 Å². The molecular weight excluding hydrogens is 352 g/mol. The molecule has 26 heavy (non-hydrogen) atoms. The zero-order chi connectivity index (χ0) is 18.8. The van der Waals surface area contributed by atoms with E-state index in [1.165, 1.54) is 11.3 Å². The molecular formula is C18H22N4O3S. The molecule has 0 aromatic carbocycles. The van der Waals surface area contributed by atoms with E-state index in [-0.39, 0.29) is 12.5 Å². The number of hydrogen-bond donors (Lipinski definition) is 2. The fourth-order valence-corrected chi connectivity index (χ4v) is 3.79. The van der Waals surface area contributed by atoms with Crippen molar-refractivity contribution in [1.29, 1.82) is 0 Å². The molecule has 3 rings (SSSR count). The minimum Gasteiger partial charge on any atom is -0.338 e. The van der Waals surface area contributed by atoms with E-state index in [2.05, 4.69) is 27.5 Å². The number of carbonyl (C=O) groups excluding carboxylic acids is 3. The van der Waals surface area contributed by atoms with E-state index in [1.807, 2.05) is 5.38 Å². The number of nitrogens with one attached hydrogen (secondary N) is 2. The first-order chi connectivity index (χ1) is 12.3. The maximum atomic E-state index is 12.6. The highest BCUT2D eigenvalue weighted by molar-refractivity contribution is 7.10. The average Bonchev–Trinajstić information content (AvgIpc) is 3.17. The Hall–Kier alpha value is -2.40. The zero-order valence-corrected chi connectivity index (χ0v) is 15.7. The fraction of sp³-hybridized carbons (Fsp3) is 0.556. The average molecular weight is 374 g/mol. The molecule has 1 aromatic heterocycles. The van der Waals surface area contributed by atoms with Gasteiger partial charge in [0.15, 0.2) is 5.01 Å². The second kappa shape index (κ2) is 7.08. The number of carbonyl (C=O) groups is 3. The van der Waals surface area contributed by atoms with Crippen molar-refractivity contribution in [3.05, 3.63) is 16.6 Å². The van der Waals surface area contributed by atoms with Gasteiger partial charge < -0.3 is 10.6 Å². The first kappa shape index (κ1) is 18.4.